The van der Waals surface area contributed by atoms with E-state index in [-0.39, 0.29) is 16.9 Å². The van der Waals surface area contributed by atoms with Gasteiger partial charge in [0, 0.05) is 50.5 Å². The Morgan fingerprint density at radius 1 is 0.929 bits per heavy atom. The molecular formula is C23H25N3O2. The van der Waals surface area contributed by atoms with E-state index in [4.69, 9.17) is 0 Å². The molecule has 4 rings (SSSR count). The van der Waals surface area contributed by atoms with E-state index in [2.05, 4.69) is 36.9 Å². The van der Waals surface area contributed by atoms with Crippen LogP contribution in [0.15, 0.2) is 53.5 Å². The lowest BCUT2D eigenvalue weighted by Crippen LogP contribution is -2.49. The van der Waals surface area contributed by atoms with Crippen LogP contribution in [0.4, 0.5) is 5.69 Å². The van der Waals surface area contributed by atoms with E-state index in [1.807, 2.05) is 29.8 Å². The molecule has 0 unspecified atom stereocenters. The van der Waals surface area contributed by atoms with Crippen molar-refractivity contribution in [3.05, 3.63) is 75.6 Å². The Hall–Kier alpha value is -3.08. The van der Waals surface area contributed by atoms with Crippen molar-refractivity contribution in [3.63, 3.8) is 0 Å². The molecule has 3 aromatic rings. The fraction of sp³-hybridized carbons (Fsp3) is 0.304. The van der Waals surface area contributed by atoms with E-state index in [0.29, 0.717) is 18.5 Å². The zero-order chi connectivity index (χ0) is 19.8. The first-order valence-electron chi connectivity index (χ1n) is 9.66. The van der Waals surface area contributed by atoms with Gasteiger partial charge in [-0.2, -0.15) is 0 Å². The predicted molar refractivity (Wildman–Crippen MR) is 113 cm³/mol. The molecule has 1 aliphatic rings. The summed E-state index contributed by atoms with van der Waals surface area (Å²) in [5, 5.41) is 0.588. The molecule has 144 valence electrons. The number of fused-ring (bicyclic) bond motifs is 1. The molecule has 0 atom stereocenters. The molecule has 1 aliphatic heterocycles. The predicted octanol–water partition coefficient (Wildman–Crippen LogP) is 3.12. The second-order valence-corrected chi connectivity index (χ2v) is 7.50. The van der Waals surface area contributed by atoms with Crippen LogP contribution in [0.2, 0.25) is 0 Å². The molecule has 2 aromatic carbocycles. The first-order chi connectivity index (χ1) is 13.5. The number of hydrogen-bond acceptors (Lipinski definition) is 3. The minimum Gasteiger partial charge on any atom is -0.368 e. The highest BCUT2D eigenvalue weighted by molar-refractivity contribution is 5.97. The van der Waals surface area contributed by atoms with Crippen molar-refractivity contribution < 1.29 is 4.79 Å². The van der Waals surface area contributed by atoms with Crippen molar-refractivity contribution in [2.24, 2.45) is 7.05 Å². The Morgan fingerprint density at radius 3 is 2.39 bits per heavy atom. The molecule has 0 spiro atoms. The van der Waals surface area contributed by atoms with Crippen LogP contribution in [0, 0.1) is 13.8 Å². The maximum atomic E-state index is 13.1. The van der Waals surface area contributed by atoms with Crippen LogP contribution >= 0.6 is 0 Å². The van der Waals surface area contributed by atoms with Crippen LogP contribution in [0.25, 0.3) is 10.9 Å². The number of carbonyl (C=O) groups excluding carboxylic acids is 1. The molecular weight excluding hydrogens is 350 g/mol. The van der Waals surface area contributed by atoms with E-state index >= 15 is 0 Å². The average molecular weight is 375 g/mol. The van der Waals surface area contributed by atoms with Crippen molar-refractivity contribution in [1.82, 2.24) is 9.47 Å². The summed E-state index contributed by atoms with van der Waals surface area (Å²) in [6.07, 6.45) is 1.67. The molecule has 2 heterocycles. The minimum atomic E-state index is -0.185. The highest BCUT2D eigenvalue weighted by Crippen LogP contribution is 2.24. The molecule has 1 saturated heterocycles. The summed E-state index contributed by atoms with van der Waals surface area (Å²) in [7, 11) is 1.87. The van der Waals surface area contributed by atoms with Crippen LogP contribution in [0.3, 0.4) is 0 Å². The van der Waals surface area contributed by atoms with Gasteiger partial charge >= 0.3 is 0 Å². The third-order valence-corrected chi connectivity index (χ3v) is 5.81. The lowest BCUT2D eigenvalue weighted by atomic mass is 10.1. The third kappa shape index (κ3) is 3.07. The summed E-state index contributed by atoms with van der Waals surface area (Å²) in [4.78, 5) is 30.1. The van der Waals surface area contributed by atoms with E-state index in [0.717, 1.165) is 18.6 Å². The van der Waals surface area contributed by atoms with E-state index in [9.17, 15) is 9.59 Å². The van der Waals surface area contributed by atoms with Crippen molar-refractivity contribution in [2.45, 2.75) is 13.8 Å². The number of nitrogens with zero attached hydrogens (tertiary/aromatic N) is 3. The van der Waals surface area contributed by atoms with Crippen LogP contribution in [0.5, 0.6) is 0 Å². The number of hydrogen-bond donors (Lipinski definition) is 0. The van der Waals surface area contributed by atoms with Crippen LogP contribution < -0.4 is 10.3 Å². The Balaban J connectivity index is 1.56. The fourth-order valence-electron chi connectivity index (χ4n) is 3.99. The Labute approximate surface area is 164 Å². The summed E-state index contributed by atoms with van der Waals surface area (Å²) in [6, 6.07) is 13.7. The summed E-state index contributed by atoms with van der Waals surface area (Å²) >= 11 is 0. The number of aromatic nitrogens is 1. The monoisotopic (exact) mass is 375 g/mol. The van der Waals surface area contributed by atoms with E-state index < -0.39 is 0 Å². The van der Waals surface area contributed by atoms with Gasteiger partial charge in [0.1, 0.15) is 5.56 Å². The van der Waals surface area contributed by atoms with Gasteiger partial charge in [0.25, 0.3) is 5.91 Å². The zero-order valence-electron chi connectivity index (χ0n) is 16.6. The smallest absolute Gasteiger partial charge is 0.259 e. The number of para-hydroxylation sites is 1. The Kier molecular flexibility index (Phi) is 4.67. The lowest BCUT2D eigenvalue weighted by Gasteiger charge is -2.37. The van der Waals surface area contributed by atoms with E-state index in [1.165, 1.54) is 16.8 Å². The summed E-state index contributed by atoms with van der Waals surface area (Å²) < 4.78 is 1.86. The second-order valence-electron chi connectivity index (χ2n) is 7.50. The van der Waals surface area contributed by atoms with Crippen molar-refractivity contribution >= 4 is 22.5 Å². The minimum absolute atomic E-state index is 0.174. The van der Waals surface area contributed by atoms with Crippen LogP contribution in [-0.2, 0) is 7.05 Å². The normalized spacial score (nSPS) is 14.5. The van der Waals surface area contributed by atoms with Gasteiger partial charge in [-0.25, -0.2) is 0 Å². The molecule has 0 N–H and O–H groups in total. The first-order valence-corrected chi connectivity index (χ1v) is 9.66. The molecule has 0 bridgehead atoms. The van der Waals surface area contributed by atoms with Crippen molar-refractivity contribution in [3.8, 4) is 0 Å². The van der Waals surface area contributed by atoms with Gasteiger partial charge in [-0.3, -0.25) is 9.59 Å². The molecule has 1 fully saturated rings. The number of aryl methyl sites for hydroxylation is 2. The van der Waals surface area contributed by atoms with Gasteiger partial charge in [0.15, 0.2) is 0 Å². The summed E-state index contributed by atoms with van der Waals surface area (Å²) in [5.41, 5.74) is 4.69. The number of amides is 1. The molecule has 0 saturated carbocycles. The zero-order valence-corrected chi connectivity index (χ0v) is 16.6. The average Bonchev–Trinajstić information content (AvgIpc) is 2.72. The molecule has 1 amide bonds. The Morgan fingerprint density at radius 2 is 1.64 bits per heavy atom. The molecule has 5 nitrogen and oxygen atoms in total. The first kappa shape index (κ1) is 18.3. The number of rotatable bonds is 2. The van der Waals surface area contributed by atoms with Crippen molar-refractivity contribution in [2.75, 3.05) is 31.1 Å². The fourth-order valence-corrected chi connectivity index (χ4v) is 3.99. The van der Waals surface area contributed by atoms with Gasteiger partial charge in [0.05, 0.1) is 5.52 Å². The summed E-state index contributed by atoms with van der Waals surface area (Å²) in [6.45, 7) is 7.02. The maximum absolute atomic E-state index is 13.1. The van der Waals surface area contributed by atoms with Crippen molar-refractivity contribution in [1.29, 1.82) is 0 Å². The topological polar surface area (TPSA) is 45.5 Å². The SMILES string of the molecule is Cc1cccc(N2CCN(C(=O)c3cn(C)c4ccccc4c3=O)CC2)c1C. The molecule has 5 heteroatoms. The number of piperazine rings is 1. The van der Waals surface area contributed by atoms with Gasteiger partial charge in [-0.15, -0.1) is 0 Å². The standard InChI is InChI=1S/C23H25N3O2/c1-16-7-6-10-20(17(16)2)25-11-13-26(14-12-25)23(28)19-15-24(3)21-9-5-4-8-18(21)22(19)27/h4-10,15H,11-14H2,1-3H3. The number of carbonyl (C=O) groups is 1. The number of benzene rings is 2. The quantitative estimate of drug-likeness (QED) is 0.691. The highest BCUT2D eigenvalue weighted by atomic mass is 16.2. The Bertz CT molecular complexity index is 1110. The van der Waals surface area contributed by atoms with Gasteiger partial charge in [0.2, 0.25) is 5.43 Å². The molecule has 0 radical (unpaired) electrons. The third-order valence-electron chi connectivity index (χ3n) is 5.81. The van der Waals surface area contributed by atoms with Crippen LogP contribution in [0.1, 0.15) is 21.5 Å². The van der Waals surface area contributed by atoms with Gasteiger partial charge in [-0.05, 0) is 43.2 Å². The second kappa shape index (κ2) is 7.15. The van der Waals surface area contributed by atoms with Gasteiger partial charge in [-0.1, -0.05) is 24.3 Å². The highest BCUT2D eigenvalue weighted by Gasteiger charge is 2.25. The molecule has 1 aromatic heterocycles. The lowest BCUT2D eigenvalue weighted by molar-refractivity contribution is 0.0745. The van der Waals surface area contributed by atoms with Crippen LogP contribution in [-0.4, -0.2) is 41.6 Å². The van der Waals surface area contributed by atoms with E-state index in [1.54, 1.807) is 17.2 Å². The summed E-state index contributed by atoms with van der Waals surface area (Å²) in [5.74, 6) is -0.174. The van der Waals surface area contributed by atoms with Gasteiger partial charge < -0.3 is 14.4 Å². The largest absolute Gasteiger partial charge is 0.368 e. The number of anilines is 1. The maximum Gasteiger partial charge on any atom is 0.259 e. The molecule has 28 heavy (non-hydrogen) atoms. The number of pyridine rings is 1. The molecule has 0 aliphatic carbocycles.